The number of hydrogen-bond donors (Lipinski definition) is 1. The third-order valence-electron chi connectivity index (χ3n) is 3.06. The zero-order valence-electron chi connectivity index (χ0n) is 12.0. The van der Waals surface area contributed by atoms with Crippen molar-refractivity contribution in [2.75, 3.05) is 0 Å². The summed E-state index contributed by atoms with van der Waals surface area (Å²) < 4.78 is 19.8. The molecule has 1 heterocycles. The maximum absolute atomic E-state index is 14.1. The Kier molecular flexibility index (Phi) is 4.04. The Morgan fingerprint density at radius 3 is 2.55 bits per heavy atom. The van der Waals surface area contributed by atoms with Crippen molar-refractivity contribution < 1.29 is 9.13 Å². The Balaban J connectivity index is 2.41. The molecule has 2 N–H and O–H groups in total. The molecule has 106 valence electrons. The molecular formula is C16H19FN2O. The summed E-state index contributed by atoms with van der Waals surface area (Å²) in [4.78, 5) is 3.95. The Morgan fingerprint density at radius 2 is 1.90 bits per heavy atom. The first-order valence-corrected chi connectivity index (χ1v) is 6.54. The number of nitrogens with two attached hydrogens (primary N) is 1. The molecule has 0 saturated carbocycles. The van der Waals surface area contributed by atoms with Crippen LogP contribution in [-0.4, -0.2) is 4.98 Å². The molecule has 0 amide bonds. The first-order chi connectivity index (χ1) is 9.43. The van der Waals surface area contributed by atoms with Gasteiger partial charge in [0.25, 0.3) is 5.88 Å². The molecule has 0 aliphatic heterocycles. The molecular weight excluding hydrogens is 255 g/mol. The molecule has 0 bridgehead atoms. The van der Waals surface area contributed by atoms with Gasteiger partial charge >= 0.3 is 0 Å². The lowest BCUT2D eigenvalue weighted by atomic mass is 9.86. The maximum atomic E-state index is 14.1. The molecule has 20 heavy (non-hydrogen) atoms. The van der Waals surface area contributed by atoms with Gasteiger partial charge in [-0.05, 0) is 17.5 Å². The van der Waals surface area contributed by atoms with Crippen LogP contribution in [-0.2, 0) is 12.0 Å². The van der Waals surface area contributed by atoms with Crippen LogP contribution in [0.15, 0.2) is 36.5 Å². The monoisotopic (exact) mass is 274 g/mol. The van der Waals surface area contributed by atoms with Gasteiger partial charge in [-0.15, -0.1) is 0 Å². The summed E-state index contributed by atoms with van der Waals surface area (Å²) in [7, 11) is 0. The second kappa shape index (κ2) is 5.59. The lowest BCUT2D eigenvalue weighted by Gasteiger charge is -2.22. The van der Waals surface area contributed by atoms with E-state index in [1.54, 1.807) is 6.07 Å². The zero-order valence-corrected chi connectivity index (χ0v) is 12.0. The minimum absolute atomic E-state index is 0.0374. The first-order valence-electron chi connectivity index (χ1n) is 6.54. The summed E-state index contributed by atoms with van der Waals surface area (Å²) >= 11 is 0. The fourth-order valence-electron chi connectivity index (χ4n) is 1.97. The van der Waals surface area contributed by atoms with E-state index in [9.17, 15) is 4.39 Å². The molecule has 3 nitrogen and oxygen atoms in total. The predicted octanol–water partition coefficient (Wildman–Crippen LogP) is 3.77. The van der Waals surface area contributed by atoms with Gasteiger partial charge < -0.3 is 10.5 Å². The fraction of sp³-hybridized carbons (Fsp3) is 0.312. The third kappa shape index (κ3) is 2.96. The van der Waals surface area contributed by atoms with Crippen LogP contribution < -0.4 is 10.5 Å². The normalized spacial score (nSPS) is 11.4. The highest BCUT2D eigenvalue weighted by molar-refractivity contribution is 5.41. The summed E-state index contributed by atoms with van der Waals surface area (Å²) in [5.41, 5.74) is 6.78. The molecule has 0 aliphatic rings. The molecule has 2 aromatic rings. The highest BCUT2D eigenvalue weighted by atomic mass is 19.1. The van der Waals surface area contributed by atoms with E-state index in [0.717, 1.165) is 5.56 Å². The Hall–Kier alpha value is -1.94. The van der Waals surface area contributed by atoms with Gasteiger partial charge in [0, 0.05) is 23.9 Å². The van der Waals surface area contributed by atoms with Crippen LogP contribution in [0.4, 0.5) is 4.39 Å². The molecule has 1 aromatic heterocycles. The standard InChI is InChI=1S/C16H19FN2O/c1-16(2,3)12-6-4-5-7-13(12)20-15-14(17)11(10-18)8-9-19-15/h4-9H,10,18H2,1-3H3. The average Bonchev–Trinajstić information content (AvgIpc) is 2.40. The van der Waals surface area contributed by atoms with Gasteiger partial charge in [0.15, 0.2) is 5.82 Å². The Morgan fingerprint density at radius 1 is 1.20 bits per heavy atom. The molecule has 0 radical (unpaired) electrons. The molecule has 0 atom stereocenters. The SMILES string of the molecule is CC(C)(C)c1ccccc1Oc1nccc(CN)c1F. The van der Waals surface area contributed by atoms with Crippen molar-refractivity contribution in [2.24, 2.45) is 5.73 Å². The van der Waals surface area contributed by atoms with E-state index in [2.05, 4.69) is 25.8 Å². The van der Waals surface area contributed by atoms with Crippen molar-refractivity contribution in [3.8, 4) is 11.6 Å². The molecule has 1 aromatic carbocycles. The van der Waals surface area contributed by atoms with E-state index in [1.807, 2.05) is 24.3 Å². The van der Waals surface area contributed by atoms with E-state index in [1.165, 1.54) is 6.20 Å². The van der Waals surface area contributed by atoms with Crippen LogP contribution >= 0.6 is 0 Å². The Bertz CT molecular complexity index is 606. The number of halogens is 1. The van der Waals surface area contributed by atoms with Gasteiger partial charge in [0.05, 0.1) is 0 Å². The van der Waals surface area contributed by atoms with Crippen molar-refractivity contribution in [1.82, 2.24) is 4.98 Å². The number of ether oxygens (including phenoxy) is 1. The smallest absolute Gasteiger partial charge is 0.256 e. The van der Waals surface area contributed by atoms with E-state index in [-0.39, 0.29) is 17.8 Å². The number of benzene rings is 1. The number of hydrogen-bond acceptors (Lipinski definition) is 3. The Labute approximate surface area is 118 Å². The minimum Gasteiger partial charge on any atom is -0.436 e. The topological polar surface area (TPSA) is 48.1 Å². The molecule has 0 fully saturated rings. The number of aromatic nitrogens is 1. The van der Waals surface area contributed by atoms with Crippen molar-refractivity contribution in [3.05, 3.63) is 53.5 Å². The predicted molar refractivity (Wildman–Crippen MR) is 77.3 cm³/mol. The number of para-hydroxylation sites is 1. The quantitative estimate of drug-likeness (QED) is 0.926. The lowest BCUT2D eigenvalue weighted by Crippen LogP contribution is -2.13. The van der Waals surface area contributed by atoms with Crippen molar-refractivity contribution in [2.45, 2.75) is 32.7 Å². The summed E-state index contributed by atoms with van der Waals surface area (Å²) in [5.74, 6) is 0.0731. The van der Waals surface area contributed by atoms with Gasteiger partial charge in [-0.3, -0.25) is 0 Å². The van der Waals surface area contributed by atoms with Crippen LogP contribution in [0.3, 0.4) is 0 Å². The largest absolute Gasteiger partial charge is 0.436 e. The van der Waals surface area contributed by atoms with Crippen molar-refractivity contribution in [1.29, 1.82) is 0 Å². The van der Waals surface area contributed by atoms with E-state index in [4.69, 9.17) is 10.5 Å². The number of nitrogens with zero attached hydrogens (tertiary/aromatic N) is 1. The van der Waals surface area contributed by atoms with Gasteiger partial charge in [0.1, 0.15) is 5.75 Å². The molecule has 4 heteroatoms. The maximum Gasteiger partial charge on any atom is 0.256 e. The van der Waals surface area contributed by atoms with Crippen LogP contribution in [0.1, 0.15) is 31.9 Å². The molecule has 2 rings (SSSR count). The van der Waals surface area contributed by atoms with Gasteiger partial charge in [-0.2, -0.15) is 0 Å². The molecule has 0 unspecified atom stereocenters. The van der Waals surface area contributed by atoms with Crippen LogP contribution in [0, 0.1) is 5.82 Å². The first kappa shape index (κ1) is 14.5. The van der Waals surface area contributed by atoms with Crippen LogP contribution in [0.25, 0.3) is 0 Å². The highest BCUT2D eigenvalue weighted by Gasteiger charge is 2.20. The van der Waals surface area contributed by atoms with E-state index < -0.39 is 5.82 Å². The summed E-state index contributed by atoms with van der Waals surface area (Å²) in [6.07, 6.45) is 1.50. The minimum atomic E-state index is -0.501. The third-order valence-corrected chi connectivity index (χ3v) is 3.06. The van der Waals surface area contributed by atoms with E-state index in [0.29, 0.717) is 11.3 Å². The van der Waals surface area contributed by atoms with E-state index >= 15 is 0 Å². The lowest BCUT2D eigenvalue weighted by molar-refractivity contribution is 0.405. The molecule has 0 aliphatic carbocycles. The second-order valence-electron chi connectivity index (χ2n) is 5.64. The highest BCUT2D eigenvalue weighted by Crippen LogP contribution is 2.34. The van der Waals surface area contributed by atoms with Crippen molar-refractivity contribution in [3.63, 3.8) is 0 Å². The molecule has 0 saturated heterocycles. The molecule has 0 spiro atoms. The summed E-state index contributed by atoms with van der Waals surface area (Å²) in [6.45, 7) is 6.35. The summed E-state index contributed by atoms with van der Waals surface area (Å²) in [6, 6.07) is 9.14. The number of pyridine rings is 1. The second-order valence-corrected chi connectivity index (χ2v) is 5.64. The summed E-state index contributed by atoms with van der Waals surface area (Å²) in [5, 5.41) is 0. The van der Waals surface area contributed by atoms with Crippen molar-refractivity contribution >= 4 is 0 Å². The zero-order chi connectivity index (χ0) is 14.8. The van der Waals surface area contributed by atoms with Gasteiger partial charge in [0.2, 0.25) is 0 Å². The fourth-order valence-corrected chi connectivity index (χ4v) is 1.97. The average molecular weight is 274 g/mol. The number of rotatable bonds is 3. The van der Waals surface area contributed by atoms with Gasteiger partial charge in [-0.25, -0.2) is 9.37 Å². The van der Waals surface area contributed by atoms with Gasteiger partial charge in [-0.1, -0.05) is 39.0 Å². The van der Waals surface area contributed by atoms with Crippen LogP contribution in [0.2, 0.25) is 0 Å². The van der Waals surface area contributed by atoms with Crippen LogP contribution in [0.5, 0.6) is 11.6 Å².